The van der Waals surface area contributed by atoms with Gasteiger partial charge in [-0.3, -0.25) is 0 Å². The van der Waals surface area contributed by atoms with Crippen molar-refractivity contribution < 1.29 is 27.7 Å². The zero-order chi connectivity index (χ0) is 14.3. The molecule has 0 aromatic heterocycles. The molecular weight excluding hydrogens is 182 g/mol. The van der Waals surface area contributed by atoms with Gasteiger partial charge < -0.3 is 19.5 Å². The Morgan fingerprint density at radius 3 is 2.75 bits per heavy atom. The minimum Gasteiger partial charge on any atom is -0.550 e. The number of carboxylic acid groups (broad SMARTS) is 1. The second kappa shape index (κ2) is 5.35. The molecule has 0 saturated carbocycles. The molecule has 0 aromatic rings. The fourth-order valence-corrected chi connectivity index (χ4v) is 0.499. The normalized spacial score (nSPS) is 25.6. The molecule has 0 aromatic carbocycles. The lowest BCUT2D eigenvalue weighted by Gasteiger charge is -2.26. The van der Waals surface area contributed by atoms with Gasteiger partial charge >= 0.3 is 0 Å². The van der Waals surface area contributed by atoms with Gasteiger partial charge in [0.1, 0.15) is 12.6 Å². The van der Waals surface area contributed by atoms with Crippen LogP contribution in [0.2, 0.25) is 0 Å². The average molecular weight is 204 g/mol. The lowest BCUT2D eigenvalue weighted by Crippen LogP contribution is -2.43. The number of aliphatic hydroxyl groups is 1. The number of carbonyl (C=O) groups is 1. The van der Waals surface area contributed by atoms with Crippen LogP contribution in [0.5, 0.6) is 0 Å². The molecule has 0 aliphatic heterocycles. The topological polar surface area (TPSA) is 60.4 Å². The summed E-state index contributed by atoms with van der Waals surface area (Å²) in [6.07, 6.45) is -4.43. The minimum absolute atomic E-state index is 0. The van der Waals surface area contributed by atoms with Crippen LogP contribution >= 0.6 is 12.4 Å². The van der Waals surface area contributed by atoms with Gasteiger partial charge in [0.2, 0.25) is 0 Å². The molecule has 0 heterocycles. The number of aliphatic carboxylic acids is 1. The number of carboxylic acids is 1. The van der Waals surface area contributed by atoms with E-state index in [1.54, 1.807) is 0 Å². The van der Waals surface area contributed by atoms with Crippen LogP contribution in [0.15, 0.2) is 0 Å². The number of quaternary nitrogens is 1. The van der Waals surface area contributed by atoms with Gasteiger partial charge in [0, 0.05) is 12.4 Å². The molecule has 4 nitrogen and oxygen atoms in total. The van der Waals surface area contributed by atoms with Crippen LogP contribution in [0.25, 0.3) is 0 Å². The summed E-state index contributed by atoms with van der Waals surface area (Å²) in [7, 11) is 1.89. The average Bonchev–Trinajstić information content (AvgIpc) is 1.98. The molecule has 0 unspecified atom stereocenters. The van der Waals surface area contributed by atoms with Gasteiger partial charge in [0.25, 0.3) is 0 Å². The maximum atomic E-state index is 10.3. The molecule has 0 rings (SSSR count). The van der Waals surface area contributed by atoms with E-state index in [0.717, 1.165) is 14.1 Å². The Morgan fingerprint density at radius 2 is 2.42 bits per heavy atom. The van der Waals surface area contributed by atoms with Crippen LogP contribution in [-0.4, -0.2) is 49.2 Å². The van der Waals surface area contributed by atoms with E-state index in [1.807, 2.05) is 0 Å². The standard InChI is InChI=1S/C7H15NO3.ClH/c1-8(2,3)5-6(9)4-7(10)11;/h6,9H,4-5H2,1-3H3;1H/t6-;/m1./s1/i1D3,5D2,6D;. The quantitative estimate of drug-likeness (QED) is 0.573. The van der Waals surface area contributed by atoms with Crippen molar-refractivity contribution in [1.29, 1.82) is 0 Å². The van der Waals surface area contributed by atoms with E-state index >= 15 is 0 Å². The van der Waals surface area contributed by atoms with Gasteiger partial charge in [0.05, 0.1) is 29.3 Å². The van der Waals surface area contributed by atoms with Crippen molar-refractivity contribution in [2.24, 2.45) is 0 Å². The third kappa shape index (κ3) is 9.68. The number of likely N-dealkylation sites (N-methyl/N-ethyl adjacent to an activating group) is 1. The number of hydrogen-bond acceptors (Lipinski definition) is 3. The second-order valence-electron chi connectivity index (χ2n) is 2.56. The summed E-state index contributed by atoms with van der Waals surface area (Å²) in [5.41, 5.74) is 0. The number of nitrogens with zero attached hydrogens (tertiary/aromatic N) is 1. The summed E-state index contributed by atoms with van der Waals surface area (Å²) in [5, 5.41) is 19.8. The van der Waals surface area contributed by atoms with Gasteiger partial charge in [0.15, 0.2) is 0 Å². The van der Waals surface area contributed by atoms with E-state index in [1.165, 1.54) is 0 Å². The van der Waals surface area contributed by atoms with Gasteiger partial charge in [-0.2, -0.15) is 0 Å². The Hall–Kier alpha value is -0.320. The summed E-state index contributed by atoms with van der Waals surface area (Å²) in [5.74, 6) is -1.84. The highest BCUT2D eigenvalue weighted by atomic mass is 35.5. The third-order valence-electron chi connectivity index (χ3n) is 0.720. The SMILES string of the molecule is Cl.[2H]C([2H])([2H])[N+](C)(C)C([2H])([2H])[C@]([2H])(O)CC(=O)[O-]. The Balaban J connectivity index is 0. The highest BCUT2D eigenvalue weighted by Crippen LogP contribution is 1.97. The zero-order valence-electron chi connectivity index (χ0n) is 12.8. The van der Waals surface area contributed by atoms with Gasteiger partial charge in [-0.1, -0.05) is 0 Å². The molecule has 5 heteroatoms. The van der Waals surface area contributed by atoms with E-state index < -0.39 is 36.4 Å². The maximum Gasteiger partial charge on any atom is 0.108 e. The Kier molecular flexibility index (Phi) is 2.41. The molecule has 0 radical (unpaired) electrons. The van der Waals surface area contributed by atoms with Crippen molar-refractivity contribution in [2.75, 3.05) is 27.6 Å². The van der Waals surface area contributed by atoms with Gasteiger partial charge in [-0.25, -0.2) is 0 Å². The molecule has 0 amide bonds. The fourth-order valence-electron chi connectivity index (χ4n) is 0.499. The molecule has 0 aliphatic carbocycles. The van der Waals surface area contributed by atoms with Crippen molar-refractivity contribution >= 4 is 18.4 Å². The lowest BCUT2D eigenvalue weighted by atomic mass is 10.2. The highest BCUT2D eigenvalue weighted by molar-refractivity contribution is 5.85. The first-order valence-electron chi connectivity index (χ1n) is 5.93. The predicted octanol–water partition coefficient (Wildman–Crippen LogP) is -1.38. The van der Waals surface area contributed by atoms with Crippen molar-refractivity contribution in [1.82, 2.24) is 0 Å². The number of halogens is 1. The van der Waals surface area contributed by atoms with Crippen LogP contribution in [0, 0.1) is 0 Å². The maximum absolute atomic E-state index is 10.3. The van der Waals surface area contributed by atoms with E-state index in [9.17, 15) is 15.0 Å². The molecule has 1 atom stereocenters. The van der Waals surface area contributed by atoms with Gasteiger partial charge in [-0.15, -0.1) is 12.4 Å². The van der Waals surface area contributed by atoms with E-state index in [2.05, 4.69) is 0 Å². The van der Waals surface area contributed by atoms with Gasteiger partial charge in [-0.05, 0) is 0 Å². The first-order chi connectivity index (χ1) is 7.17. The number of carbonyl (C=O) groups excluding carboxylic acids is 1. The second-order valence-corrected chi connectivity index (χ2v) is 2.56. The molecule has 0 aliphatic rings. The van der Waals surface area contributed by atoms with Crippen molar-refractivity contribution in [3.05, 3.63) is 0 Å². The molecule has 74 valence electrons. The molecule has 0 bridgehead atoms. The van der Waals surface area contributed by atoms with Crippen LogP contribution in [0.1, 0.15) is 14.6 Å². The van der Waals surface area contributed by atoms with Crippen LogP contribution in [0.3, 0.4) is 0 Å². The largest absolute Gasteiger partial charge is 0.550 e. The smallest absolute Gasteiger partial charge is 0.108 e. The molecule has 0 saturated heterocycles. The highest BCUT2D eigenvalue weighted by Gasteiger charge is 2.14. The summed E-state index contributed by atoms with van der Waals surface area (Å²) in [6, 6.07) is 0. The van der Waals surface area contributed by atoms with E-state index in [-0.39, 0.29) is 12.4 Å². The molecule has 0 fully saturated rings. The third-order valence-corrected chi connectivity index (χ3v) is 0.720. The summed E-state index contributed by atoms with van der Waals surface area (Å²) < 4.78 is 42.5. The first-order valence-corrected chi connectivity index (χ1v) is 2.93. The first kappa shape index (κ1) is 5.42. The Morgan fingerprint density at radius 1 is 1.92 bits per heavy atom. The molecule has 12 heavy (non-hydrogen) atoms. The zero-order valence-corrected chi connectivity index (χ0v) is 7.64. The number of rotatable bonds is 4. The Bertz CT molecular complexity index is 317. The van der Waals surface area contributed by atoms with Crippen molar-refractivity contribution in [3.8, 4) is 0 Å². The predicted molar refractivity (Wildman–Crippen MR) is 45.8 cm³/mol. The van der Waals surface area contributed by atoms with E-state index in [0.29, 0.717) is 0 Å². The van der Waals surface area contributed by atoms with Crippen molar-refractivity contribution in [3.63, 3.8) is 0 Å². The van der Waals surface area contributed by atoms with Crippen LogP contribution < -0.4 is 5.11 Å². The van der Waals surface area contributed by atoms with Crippen LogP contribution in [-0.2, 0) is 4.79 Å². The molecule has 1 N–H and O–H groups in total. The van der Waals surface area contributed by atoms with Crippen molar-refractivity contribution in [2.45, 2.75) is 12.5 Å². The molecule has 0 spiro atoms. The summed E-state index contributed by atoms with van der Waals surface area (Å²) in [6.45, 7) is -5.87. The lowest BCUT2D eigenvalue weighted by molar-refractivity contribution is -0.873. The summed E-state index contributed by atoms with van der Waals surface area (Å²) in [4.78, 5) is 10.3. The van der Waals surface area contributed by atoms with Crippen LogP contribution in [0.4, 0.5) is 0 Å². The summed E-state index contributed by atoms with van der Waals surface area (Å²) >= 11 is 0. The van der Waals surface area contributed by atoms with E-state index in [4.69, 9.17) is 8.22 Å². The number of hydrogen-bond donors (Lipinski definition) is 1. The Labute approximate surface area is 87.2 Å². The fraction of sp³-hybridized carbons (Fsp3) is 0.857. The minimum atomic E-state index is -3.11. The molecular formula is C7H16ClNO3. The monoisotopic (exact) mass is 203 g/mol.